The van der Waals surface area contributed by atoms with Gasteiger partial charge in [0.2, 0.25) is 0 Å². The van der Waals surface area contributed by atoms with E-state index in [2.05, 4.69) is 37.4 Å². The molecule has 0 amide bonds. The van der Waals surface area contributed by atoms with Crippen LogP contribution >= 0.6 is 0 Å². The highest BCUT2D eigenvalue weighted by atomic mass is 14.9. The number of benzene rings is 1. The maximum atomic E-state index is 3.59. The van der Waals surface area contributed by atoms with Gasteiger partial charge in [0, 0.05) is 6.04 Å². The first-order valence-corrected chi connectivity index (χ1v) is 6.67. The number of aryl methyl sites for hydroxylation is 2. The molecular formula is C15H23N. The second kappa shape index (κ2) is 5.49. The summed E-state index contributed by atoms with van der Waals surface area (Å²) in [4.78, 5) is 0. The molecule has 16 heavy (non-hydrogen) atoms. The van der Waals surface area contributed by atoms with Crippen LogP contribution in [0.15, 0.2) is 18.2 Å². The topological polar surface area (TPSA) is 12.0 Å². The molecule has 88 valence electrons. The minimum atomic E-state index is 0.720. The standard InChI is InChI=1S/C15H23N/c1-3-12-7-8-13(4-2)14(10-12)11-15-6-5-9-16-15/h7-8,10,15-16H,3-6,9,11H2,1-2H3. The Morgan fingerprint density at radius 2 is 2.06 bits per heavy atom. The molecule has 1 heterocycles. The minimum absolute atomic E-state index is 0.720. The van der Waals surface area contributed by atoms with Gasteiger partial charge in [0.1, 0.15) is 0 Å². The third-order valence-corrected chi connectivity index (χ3v) is 3.69. The number of rotatable bonds is 4. The highest BCUT2D eigenvalue weighted by Crippen LogP contribution is 2.18. The molecular weight excluding hydrogens is 194 g/mol. The van der Waals surface area contributed by atoms with Crippen LogP contribution in [0.2, 0.25) is 0 Å². The summed E-state index contributed by atoms with van der Waals surface area (Å²) in [6.45, 7) is 5.70. The Kier molecular flexibility index (Phi) is 4.00. The van der Waals surface area contributed by atoms with Gasteiger partial charge in [0.05, 0.1) is 0 Å². The molecule has 0 spiro atoms. The van der Waals surface area contributed by atoms with E-state index in [1.165, 1.54) is 36.9 Å². The average Bonchev–Trinajstić information content (AvgIpc) is 2.82. The lowest BCUT2D eigenvalue weighted by atomic mass is 9.95. The lowest BCUT2D eigenvalue weighted by Crippen LogP contribution is -2.24. The molecule has 1 aromatic rings. The van der Waals surface area contributed by atoms with Gasteiger partial charge in [-0.1, -0.05) is 32.0 Å². The van der Waals surface area contributed by atoms with E-state index in [1.807, 2.05) is 0 Å². The molecule has 1 aliphatic rings. The Bertz CT molecular complexity index is 337. The van der Waals surface area contributed by atoms with E-state index in [4.69, 9.17) is 0 Å². The molecule has 1 heteroatoms. The quantitative estimate of drug-likeness (QED) is 0.817. The van der Waals surface area contributed by atoms with Crippen molar-refractivity contribution in [3.8, 4) is 0 Å². The van der Waals surface area contributed by atoms with Gasteiger partial charge in [0.15, 0.2) is 0 Å². The molecule has 1 aliphatic heterocycles. The van der Waals surface area contributed by atoms with Gasteiger partial charge in [-0.25, -0.2) is 0 Å². The summed E-state index contributed by atoms with van der Waals surface area (Å²) in [5.41, 5.74) is 4.58. The van der Waals surface area contributed by atoms with Gasteiger partial charge in [-0.2, -0.15) is 0 Å². The van der Waals surface area contributed by atoms with E-state index in [9.17, 15) is 0 Å². The van der Waals surface area contributed by atoms with Crippen LogP contribution in [0.4, 0.5) is 0 Å². The summed E-state index contributed by atoms with van der Waals surface area (Å²) >= 11 is 0. The largest absolute Gasteiger partial charge is 0.314 e. The van der Waals surface area contributed by atoms with Crippen LogP contribution in [0, 0.1) is 0 Å². The van der Waals surface area contributed by atoms with Crippen molar-refractivity contribution in [3.63, 3.8) is 0 Å². The Labute approximate surface area is 99.3 Å². The minimum Gasteiger partial charge on any atom is -0.314 e. The summed E-state index contributed by atoms with van der Waals surface area (Å²) in [6.07, 6.45) is 6.22. The lowest BCUT2D eigenvalue weighted by Gasteiger charge is -2.14. The molecule has 0 aromatic heterocycles. The maximum absolute atomic E-state index is 3.59. The summed E-state index contributed by atoms with van der Waals surface area (Å²) in [7, 11) is 0. The molecule has 1 nitrogen and oxygen atoms in total. The molecule has 1 aromatic carbocycles. The zero-order valence-corrected chi connectivity index (χ0v) is 10.6. The van der Waals surface area contributed by atoms with Crippen molar-refractivity contribution in [2.75, 3.05) is 6.54 Å². The maximum Gasteiger partial charge on any atom is 0.0108 e. The first-order chi connectivity index (χ1) is 7.83. The van der Waals surface area contributed by atoms with Gasteiger partial charge in [-0.3, -0.25) is 0 Å². The molecule has 0 bridgehead atoms. The van der Waals surface area contributed by atoms with Crippen molar-refractivity contribution < 1.29 is 0 Å². The Morgan fingerprint density at radius 1 is 1.19 bits per heavy atom. The average molecular weight is 217 g/mol. The molecule has 0 aliphatic carbocycles. The van der Waals surface area contributed by atoms with E-state index in [-0.39, 0.29) is 0 Å². The first kappa shape index (κ1) is 11.7. The van der Waals surface area contributed by atoms with Crippen molar-refractivity contribution in [1.82, 2.24) is 5.32 Å². The summed E-state index contributed by atoms with van der Waals surface area (Å²) in [6, 6.07) is 7.74. The van der Waals surface area contributed by atoms with Gasteiger partial charge in [0.25, 0.3) is 0 Å². The summed E-state index contributed by atoms with van der Waals surface area (Å²) < 4.78 is 0. The molecule has 0 radical (unpaired) electrons. The fourth-order valence-electron chi connectivity index (χ4n) is 2.63. The Morgan fingerprint density at radius 3 is 2.69 bits per heavy atom. The van der Waals surface area contributed by atoms with Crippen molar-refractivity contribution >= 4 is 0 Å². The third-order valence-electron chi connectivity index (χ3n) is 3.69. The summed E-state index contributed by atoms with van der Waals surface area (Å²) in [5.74, 6) is 0. The second-order valence-corrected chi connectivity index (χ2v) is 4.81. The Balaban J connectivity index is 2.15. The van der Waals surface area contributed by atoms with Crippen LogP contribution in [0.25, 0.3) is 0 Å². The smallest absolute Gasteiger partial charge is 0.0108 e. The molecule has 1 N–H and O–H groups in total. The van der Waals surface area contributed by atoms with Gasteiger partial charge in [-0.05, 0) is 55.3 Å². The van der Waals surface area contributed by atoms with Crippen molar-refractivity contribution in [3.05, 3.63) is 34.9 Å². The first-order valence-electron chi connectivity index (χ1n) is 6.67. The van der Waals surface area contributed by atoms with Crippen LogP contribution in [-0.4, -0.2) is 12.6 Å². The SMILES string of the molecule is CCc1ccc(CC)c(CC2CCCN2)c1. The van der Waals surface area contributed by atoms with Crippen molar-refractivity contribution in [2.24, 2.45) is 0 Å². The van der Waals surface area contributed by atoms with E-state index in [1.54, 1.807) is 5.56 Å². The molecule has 1 saturated heterocycles. The van der Waals surface area contributed by atoms with Gasteiger partial charge < -0.3 is 5.32 Å². The Hall–Kier alpha value is -0.820. The van der Waals surface area contributed by atoms with Gasteiger partial charge >= 0.3 is 0 Å². The van der Waals surface area contributed by atoms with Crippen molar-refractivity contribution in [2.45, 2.75) is 52.0 Å². The van der Waals surface area contributed by atoms with Crippen LogP contribution in [0.5, 0.6) is 0 Å². The molecule has 1 fully saturated rings. The molecule has 1 atom stereocenters. The molecule has 2 rings (SSSR count). The van der Waals surface area contributed by atoms with Crippen molar-refractivity contribution in [1.29, 1.82) is 0 Å². The lowest BCUT2D eigenvalue weighted by molar-refractivity contribution is 0.600. The van der Waals surface area contributed by atoms with E-state index < -0.39 is 0 Å². The van der Waals surface area contributed by atoms with Gasteiger partial charge in [-0.15, -0.1) is 0 Å². The van der Waals surface area contributed by atoms with Crippen LogP contribution in [0.3, 0.4) is 0 Å². The fourth-order valence-corrected chi connectivity index (χ4v) is 2.63. The zero-order valence-electron chi connectivity index (χ0n) is 10.6. The second-order valence-electron chi connectivity index (χ2n) is 4.81. The van der Waals surface area contributed by atoms with E-state index in [0.717, 1.165) is 18.9 Å². The number of hydrogen-bond donors (Lipinski definition) is 1. The van der Waals surface area contributed by atoms with Crippen LogP contribution < -0.4 is 5.32 Å². The predicted molar refractivity (Wildman–Crippen MR) is 69.9 cm³/mol. The summed E-state index contributed by atoms with van der Waals surface area (Å²) in [5, 5.41) is 3.59. The highest BCUT2D eigenvalue weighted by Gasteiger charge is 2.15. The highest BCUT2D eigenvalue weighted by molar-refractivity contribution is 5.33. The third kappa shape index (κ3) is 2.65. The molecule has 1 unspecified atom stereocenters. The predicted octanol–water partition coefficient (Wildman–Crippen LogP) is 3.11. The number of nitrogens with one attached hydrogen (secondary N) is 1. The van der Waals surface area contributed by atoms with E-state index >= 15 is 0 Å². The number of hydrogen-bond acceptors (Lipinski definition) is 1. The normalized spacial score (nSPS) is 20.2. The monoisotopic (exact) mass is 217 g/mol. The van der Waals surface area contributed by atoms with Crippen LogP contribution in [-0.2, 0) is 19.3 Å². The van der Waals surface area contributed by atoms with Crippen LogP contribution in [0.1, 0.15) is 43.4 Å². The molecule has 0 saturated carbocycles. The van der Waals surface area contributed by atoms with E-state index in [0.29, 0.717) is 0 Å². The zero-order chi connectivity index (χ0) is 11.4. The fraction of sp³-hybridized carbons (Fsp3) is 0.600.